The van der Waals surface area contributed by atoms with E-state index in [1.165, 1.54) is 31.3 Å². The van der Waals surface area contributed by atoms with Crippen LogP contribution in [0.4, 0.5) is 15.8 Å². The number of furan rings is 1. The summed E-state index contributed by atoms with van der Waals surface area (Å²) in [5, 5.41) is 12.4. The highest BCUT2D eigenvalue weighted by Crippen LogP contribution is 2.47. The Morgan fingerprint density at radius 2 is 1.87 bits per heavy atom. The first-order valence-electron chi connectivity index (χ1n) is 12.3. The number of nitrogen functional groups attached to an aromatic ring is 1. The van der Waals surface area contributed by atoms with Gasteiger partial charge in [-0.2, -0.15) is 0 Å². The smallest absolute Gasteiger partial charge is 0.255 e. The fourth-order valence-electron chi connectivity index (χ4n) is 4.64. The van der Waals surface area contributed by atoms with Crippen LogP contribution in [0, 0.1) is 5.82 Å². The number of carbonyl (C=O) groups excluding carboxylic acids is 1. The Kier molecular flexibility index (Phi) is 6.85. The Labute approximate surface area is 219 Å². The van der Waals surface area contributed by atoms with Crippen molar-refractivity contribution in [3.05, 3.63) is 82.7 Å². The van der Waals surface area contributed by atoms with E-state index in [2.05, 4.69) is 10.0 Å². The maximum absolute atomic E-state index is 13.5. The second-order valence-electron chi connectivity index (χ2n) is 9.47. The molecule has 0 saturated heterocycles. The van der Waals surface area contributed by atoms with Gasteiger partial charge in [0.1, 0.15) is 17.2 Å². The van der Waals surface area contributed by atoms with Gasteiger partial charge in [0, 0.05) is 36.4 Å². The van der Waals surface area contributed by atoms with E-state index in [1.54, 1.807) is 24.3 Å². The minimum Gasteiger partial charge on any atom is -0.455 e. The largest absolute Gasteiger partial charge is 0.455 e. The Balaban J connectivity index is 1.55. The van der Waals surface area contributed by atoms with E-state index in [4.69, 9.17) is 10.2 Å². The summed E-state index contributed by atoms with van der Waals surface area (Å²) in [6.45, 7) is -0.0927. The Morgan fingerprint density at radius 3 is 2.53 bits per heavy atom. The minimum atomic E-state index is -3.83. The van der Waals surface area contributed by atoms with Crippen LogP contribution in [0.15, 0.2) is 59.0 Å². The molecule has 1 fully saturated rings. The number of nitrogens with one attached hydrogen (secondary N) is 2. The number of halogens is 1. The molecule has 0 atom stereocenters. The van der Waals surface area contributed by atoms with Crippen molar-refractivity contribution in [1.29, 1.82) is 0 Å². The van der Waals surface area contributed by atoms with Gasteiger partial charge >= 0.3 is 0 Å². The van der Waals surface area contributed by atoms with Crippen molar-refractivity contribution in [2.75, 3.05) is 24.1 Å². The summed E-state index contributed by atoms with van der Waals surface area (Å²) in [6, 6.07) is 14.0. The molecular weight excluding hydrogens is 509 g/mol. The predicted molar refractivity (Wildman–Crippen MR) is 145 cm³/mol. The highest BCUT2D eigenvalue weighted by molar-refractivity contribution is 7.91. The summed E-state index contributed by atoms with van der Waals surface area (Å²) in [5.74, 6) is -0.620. The SMILES string of the molecule is CNC(=O)c1c(-c2ccc(F)cc2)oc2cc(NS(=O)(=O)Cc3ccc(N)c(CCO)c3)c(C3CC3)cc12. The number of amides is 1. The third-order valence-corrected chi connectivity index (χ3v) is 7.89. The zero-order chi connectivity index (χ0) is 27.0. The lowest BCUT2D eigenvalue weighted by atomic mass is 10.0. The van der Waals surface area contributed by atoms with Gasteiger partial charge < -0.3 is 20.6 Å². The molecule has 1 amide bonds. The van der Waals surface area contributed by atoms with E-state index in [0.29, 0.717) is 51.0 Å². The maximum atomic E-state index is 13.5. The van der Waals surface area contributed by atoms with Gasteiger partial charge in [-0.1, -0.05) is 12.1 Å². The summed E-state index contributed by atoms with van der Waals surface area (Å²) < 4.78 is 48.8. The molecule has 1 aliphatic rings. The first kappa shape index (κ1) is 25.7. The van der Waals surface area contributed by atoms with Gasteiger partial charge in [-0.25, -0.2) is 12.8 Å². The number of sulfonamides is 1. The van der Waals surface area contributed by atoms with E-state index < -0.39 is 15.8 Å². The van der Waals surface area contributed by atoms with Crippen molar-refractivity contribution in [1.82, 2.24) is 5.32 Å². The lowest BCUT2D eigenvalue weighted by molar-refractivity contribution is 0.0964. The van der Waals surface area contributed by atoms with Gasteiger partial charge in [-0.3, -0.25) is 9.52 Å². The van der Waals surface area contributed by atoms with Crippen LogP contribution in [0.5, 0.6) is 0 Å². The number of aliphatic hydroxyl groups excluding tert-OH is 1. The molecule has 1 aliphatic carbocycles. The molecule has 198 valence electrons. The number of fused-ring (bicyclic) bond motifs is 1. The van der Waals surface area contributed by atoms with Crippen LogP contribution in [0.3, 0.4) is 0 Å². The molecule has 0 radical (unpaired) electrons. The van der Waals surface area contributed by atoms with Gasteiger partial charge in [-0.15, -0.1) is 0 Å². The zero-order valence-corrected chi connectivity index (χ0v) is 21.6. The van der Waals surface area contributed by atoms with E-state index in [0.717, 1.165) is 18.4 Å². The third kappa shape index (κ3) is 5.23. The average Bonchev–Trinajstić information content (AvgIpc) is 3.66. The zero-order valence-electron chi connectivity index (χ0n) is 20.8. The molecule has 5 N–H and O–H groups in total. The first-order chi connectivity index (χ1) is 18.2. The Morgan fingerprint density at radius 1 is 1.13 bits per heavy atom. The maximum Gasteiger partial charge on any atom is 0.255 e. The predicted octanol–water partition coefficient (Wildman–Crippen LogP) is 4.53. The highest BCUT2D eigenvalue weighted by atomic mass is 32.2. The molecule has 3 aromatic carbocycles. The highest BCUT2D eigenvalue weighted by Gasteiger charge is 2.31. The molecule has 1 heterocycles. The first-order valence-corrected chi connectivity index (χ1v) is 13.9. The van der Waals surface area contributed by atoms with Crippen LogP contribution < -0.4 is 15.8 Å². The molecule has 38 heavy (non-hydrogen) atoms. The lowest BCUT2D eigenvalue weighted by Crippen LogP contribution is -2.18. The fraction of sp³-hybridized carbons (Fsp3) is 0.250. The van der Waals surface area contributed by atoms with Crippen molar-refractivity contribution >= 4 is 38.3 Å². The molecule has 8 nitrogen and oxygen atoms in total. The quantitative estimate of drug-likeness (QED) is 0.232. The molecule has 0 spiro atoms. The molecule has 4 aromatic rings. The van der Waals surface area contributed by atoms with Crippen LogP contribution in [-0.2, 0) is 22.2 Å². The van der Waals surface area contributed by atoms with Crippen LogP contribution in [0.1, 0.15) is 45.8 Å². The fourth-order valence-corrected chi connectivity index (χ4v) is 5.85. The normalized spacial score (nSPS) is 13.6. The molecule has 10 heteroatoms. The Bertz CT molecular complexity index is 1630. The van der Waals surface area contributed by atoms with Crippen LogP contribution >= 0.6 is 0 Å². The number of rotatable bonds is 9. The lowest BCUT2D eigenvalue weighted by Gasteiger charge is -2.14. The average molecular weight is 538 g/mol. The summed E-state index contributed by atoms with van der Waals surface area (Å²) in [6.07, 6.45) is 2.14. The third-order valence-electron chi connectivity index (χ3n) is 6.65. The molecule has 0 aliphatic heterocycles. The van der Waals surface area contributed by atoms with Crippen molar-refractivity contribution in [3.63, 3.8) is 0 Å². The van der Waals surface area contributed by atoms with Gasteiger partial charge in [0.25, 0.3) is 5.91 Å². The van der Waals surface area contributed by atoms with E-state index >= 15 is 0 Å². The van der Waals surface area contributed by atoms with Crippen molar-refractivity contribution in [3.8, 4) is 11.3 Å². The minimum absolute atomic E-state index is 0.0927. The second kappa shape index (κ2) is 10.1. The van der Waals surface area contributed by atoms with E-state index in [9.17, 15) is 22.7 Å². The molecular formula is C28H28FN3O5S. The van der Waals surface area contributed by atoms with Crippen molar-refractivity contribution in [2.24, 2.45) is 0 Å². The number of aliphatic hydroxyl groups is 1. The van der Waals surface area contributed by atoms with Gasteiger partial charge in [-0.05, 0) is 78.3 Å². The summed E-state index contributed by atoms with van der Waals surface area (Å²) in [4.78, 5) is 12.9. The van der Waals surface area contributed by atoms with Crippen molar-refractivity contribution in [2.45, 2.75) is 30.9 Å². The molecule has 1 aromatic heterocycles. The van der Waals surface area contributed by atoms with Gasteiger partial charge in [0.15, 0.2) is 0 Å². The van der Waals surface area contributed by atoms with Crippen LogP contribution in [-0.4, -0.2) is 33.1 Å². The van der Waals surface area contributed by atoms with E-state index in [1.807, 2.05) is 6.07 Å². The van der Waals surface area contributed by atoms with Crippen LogP contribution in [0.2, 0.25) is 0 Å². The number of benzene rings is 3. The second-order valence-corrected chi connectivity index (χ2v) is 11.2. The number of hydrogen-bond donors (Lipinski definition) is 4. The standard InChI is InChI=1S/C28H28FN3O5S/c1-31-28(34)26-22-13-21(17-3-4-17)24(14-25(22)37-27(26)18-5-7-20(29)8-6-18)32-38(35,36)15-16-2-9-23(30)19(12-16)10-11-33/h2,5-9,12-14,17,32-33H,3-4,10-11,15,30H2,1H3,(H,31,34). The van der Waals surface area contributed by atoms with Crippen molar-refractivity contribution < 1.29 is 27.1 Å². The number of nitrogens with two attached hydrogens (primary N) is 1. The topological polar surface area (TPSA) is 135 Å². The number of hydrogen-bond acceptors (Lipinski definition) is 6. The Hall–Kier alpha value is -3.89. The number of carbonyl (C=O) groups is 1. The van der Waals surface area contributed by atoms with Gasteiger partial charge in [0.05, 0.1) is 17.0 Å². The van der Waals surface area contributed by atoms with Gasteiger partial charge in [0.2, 0.25) is 10.0 Å². The van der Waals surface area contributed by atoms with E-state index in [-0.39, 0.29) is 29.9 Å². The summed E-state index contributed by atoms with van der Waals surface area (Å²) in [5.41, 5.74) is 10.0. The molecule has 5 rings (SSSR count). The summed E-state index contributed by atoms with van der Waals surface area (Å²) >= 11 is 0. The molecule has 0 bridgehead atoms. The molecule has 0 unspecified atom stereocenters. The molecule has 1 saturated carbocycles. The number of anilines is 2. The van der Waals surface area contributed by atoms with Crippen LogP contribution in [0.25, 0.3) is 22.3 Å². The monoisotopic (exact) mass is 537 g/mol. The summed E-state index contributed by atoms with van der Waals surface area (Å²) in [7, 11) is -2.31.